The molecule has 1 aromatic heterocycles. The van der Waals surface area contributed by atoms with Crippen LogP contribution in [0.1, 0.15) is 28.4 Å². The summed E-state index contributed by atoms with van der Waals surface area (Å²) < 4.78 is 37.7. The van der Waals surface area contributed by atoms with E-state index in [-0.39, 0.29) is 24.9 Å². The molecule has 1 heterocycles. The number of alkyl halides is 3. The van der Waals surface area contributed by atoms with Crippen LogP contribution in [0.15, 0.2) is 48.8 Å². The molecule has 0 saturated carbocycles. The van der Waals surface area contributed by atoms with Gasteiger partial charge < -0.3 is 10.6 Å². The van der Waals surface area contributed by atoms with E-state index < -0.39 is 17.7 Å². The molecule has 0 fully saturated rings. The highest BCUT2D eigenvalue weighted by molar-refractivity contribution is 5.93. The SMILES string of the molecule is CC(Cc1ccc(C(F)(F)F)cc1)C(=O)NCCNC(=O)c1cccnc1. The van der Waals surface area contributed by atoms with Crippen molar-refractivity contribution >= 4 is 11.8 Å². The van der Waals surface area contributed by atoms with Crippen molar-refractivity contribution in [1.82, 2.24) is 15.6 Å². The minimum Gasteiger partial charge on any atom is -0.354 e. The zero-order valence-electron chi connectivity index (χ0n) is 14.7. The third kappa shape index (κ3) is 6.40. The number of nitrogens with zero attached hydrogens (tertiary/aromatic N) is 1. The number of aromatic nitrogens is 1. The van der Waals surface area contributed by atoms with Crippen LogP contribution in [0.25, 0.3) is 0 Å². The second-order valence-corrected chi connectivity index (χ2v) is 6.09. The lowest BCUT2D eigenvalue weighted by Gasteiger charge is -2.13. The fourth-order valence-electron chi connectivity index (χ4n) is 2.41. The van der Waals surface area contributed by atoms with E-state index in [1.165, 1.54) is 18.3 Å². The van der Waals surface area contributed by atoms with E-state index in [0.29, 0.717) is 17.5 Å². The molecule has 0 spiro atoms. The lowest BCUT2D eigenvalue weighted by Crippen LogP contribution is -2.37. The molecule has 0 aliphatic carbocycles. The van der Waals surface area contributed by atoms with Crippen molar-refractivity contribution < 1.29 is 22.8 Å². The predicted molar refractivity (Wildman–Crippen MR) is 93.9 cm³/mol. The zero-order valence-corrected chi connectivity index (χ0v) is 14.7. The summed E-state index contributed by atoms with van der Waals surface area (Å²) in [4.78, 5) is 27.7. The minimum absolute atomic E-state index is 0.231. The largest absolute Gasteiger partial charge is 0.416 e. The maximum atomic E-state index is 12.6. The van der Waals surface area contributed by atoms with Gasteiger partial charge in [0.05, 0.1) is 11.1 Å². The number of nitrogens with one attached hydrogen (secondary N) is 2. The van der Waals surface area contributed by atoms with E-state index in [1.807, 2.05) is 0 Å². The van der Waals surface area contributed by atoms with Gasteiger partial charge in [0.1, 0.15) is 0 Å². The summed E-state index contributed by atoms with van der Waals surface area (Å²) in [6.07, 6.45) is -1.04. The van der Waals surface area contributed by atoms with Gasteiger partial charge in [-0.25, -0.2) is 0 Å². The second kappa shape index (κ2) is 9.16. The summed E-state index contributed by atoms with van der Waals surface area (Å²) in [5.41, 5.74) is 0.364. The van der Waals surface area contributed by atoms with Crippen LogP contribution in [0.5, 0.6) is 0 Å². The van der Waals surface area contributed by atoms with Gasteiger partial charge in [-0.2, -0.15) is 13.2 Å². The Bertz CT molecular complexity index is 762. The van der Waals surface area contributed by atoms with Gasteiger partial charge in [-0.3, -0.25) is 14.6 Å². The van der Waals surface area contributed by atoms with Crippen LogP contribution in [-0.4, -0.2) is 29.9 Å². The van der Waals surface area contributed by atoms with Gasteiger partial charge >= 0.3 is 6.18 Å². The maximum absolute atomic E-state index is 12.6. The van der Waals surface area contributed by atoms with Crippen molar-refractivity contribution in [3.63, 3.8) is 0 Å². The monoisotopic (exact) mass is 379 g/mol. The topological polar surface area (TPSA) is 71.1 Å². The van der Waals surface area contributed by atoms with E-state index in [4.69, 9.17) is 0 Å². The molecule has 27 heavy (non-hydrogen) atoms. The zero-order chi connectivity index (χ0) is 19.9. The molecule has 1 aromatic carbocycles. The standard InChI is InChI=1S/C19H20F3N3O2/c1-13(11-14-4-6-16(7-5-14)19(20,21)22)17(26)24-9-10-25-18(27)15-3-2-8-23-12-15/h2-8,12-13H,9-11H2,1H3,(H,24,26)(H,25,27). The first-order valence-corrected chi connectivity index (χ1v) is 8.39. The number of hydrogen-bond donors (Lipinski definition) is 2. The van der Waals surface area contributed by atoms with E-state index in [1.54, 1.807) is 25.3 Å². The smallest absolute Gasteiger partial charge is 0.354 e. The third-order valence-corrected chi connectivity index (χ3v) is 3.90. The molecule has 0 bridgehead atoms. The van der Waals surface area contributed by atoms with Crippen LogP contribution < -0.4 is 10.6 Å². The number of hydrogen-bond acceptors (Lipinski definition) is 3. The molecule has 0 aliphatic rings. The molecule has 0 saturated heterocycles. The fourth-order valence-corrected chi connectivity index (χ4v) is 2.41. The summed E-state index contributed by atoms with van der Waals surface area (Å²) in [6.45, 7) is 2.20. The molecule has 0 aliphatic heterocycles. The fraction of sp³-hybridized carbons (Fsp3) is 0.316. The van der Waals surface area contributed by atoms with Crippen LogP contribution >= 0.6 is 0 Å². The number of carbonyl (C=O) groups excluding carboxylic acids is 2. The van der Waals surface area contributed by atoms with Gasteiger partial charge in [-0.1, -0.05) is 19.1 Å². The number of rotatable bonds is 7. The van der Waals surface area contributed by atoms with Gasteiger partial charge in [0.15, 0.2) is 0 Å². The van der Waals surface area contributed by atoms with Gasteiger partial charge in [0.25, 0.3) is 5.91 Å². The van der Waals surface area contributed by atoms with Gasteiger partial charge in [0, 0.05) is 31.4 Å². The first-order valence-electron chi connectivity index (χ1n) is 8.39. The second-order valence-electron chi connectivity index (χ2n) is 6.09. The molecule has 2 aromatic rings. The van der Waals surface area contributed by atoms with E-state index in [0.717, 1.165) is 12.1 Å². The summed E-state index contributed by atoms with van der Waals surface area (Å²) in [6, 6.07) is 8.05. The number of pyridine rings is 1. The van der Waals surface area contributed by atoms with E-state index >= 15 is 0 Å². The Morgan fingerprint density at radius 3 is 2.33 bits per heavy atom. The normalized spacial score (nSPS) is 12.3. The molecule has 2 rings (SSSR count). The Morgan fingerprint density at radius 2 is 1.74 bits per heavy atom. The highest BCUT2D eigenvalue weighted by Gasteiger charge is 2.30. The first-order chi connectivity index (χ1) is 12.8. The highest BCUT2D eigenvalue weighted by atomic mass is 19.4. The number of amides is 2. The Morgan fingerprint density at radius 1 is 1.07 bits per heavy atom. The van der Waals surface area contributed by atoms with Crippen molar-refractivity contribution in [1.29, 1.82) is 0 Å². The molecule has 5 nitrogen and oxygen atoms in total. The third-order valence-electron chi connectivity index (χ3n) is 3.90. The number of halogens is 3. The van der Waals surface area contributed by atoms with Crippen molar-refractivity contribution in [2.75, 3.05) is 13.1 Å². The summed E-state index contributed by atoms with van der Waals surface area (Å²) in [5.74, 6) is -0.920. The molecule has 2 N–H and O–H groups in total. The average molecular weight is 379 g/mol. The van der Waals surface area contributed by atoms with E-state index in [9.17, 15) is 22.8 Å². The Kier molecular flexibility index (Phi) is 6.92. The first kappa shape index (κ1) is 20.4. The molecule has 144 valence electrons. The van der Waals surface area contributed by atoms with Crippen LogP contribution in [0.2, 0.25) is 0 Å². The summed E-state index contributed by atoms with van der Waals surface area (Å²) in [5, 5.41) is 5.36. The summed E-state index contributed by atoms with van der Waals surface area (Å²) in [7, 11) is 0. The van der Waals surface area contributed by atoms with Crippen molar-refractivity contribution in [3.05, 3.63) is 65.5 Å². The number of benzene rings is 1. The van der Waals surface area contributed by atoms with Gasteiger partial charge in [-0.15, -0.1) is 0 Å². The predicted octanol–water partition coefficient (Wildman–Crippen LogP) is 2.83. The van der Waals surface area contributed by atoms with Gasteiger partial charge in [-0.05, 0) is 36.2 Å². The lowest BCUT2D eigenvalue weighted by molar-refractivity contribution is -0.137. The highest BCUT2D eigenvalue weighted by Crippen LogP contribution is 2.29. The van der Waals surface area contributed by atoms with Crippen LogP contribution in [0.4, 0.5) is 13.2 Å². The van der Waals surface area contributed by atoms with Crippen molar-refractivity contribution in [3.8, 4) is 0 Å². The molecule has 1 unspecified atom stereocenters. The van der Waals surface area contributed by atoms with Crippen molar-refractivity contribution in [2.24, 2.45) is 5.92 Å². The van der Waals surface area contributed by atoms with Crippen LogP contribution in [0, 0.1) is 5.92 Å². The lowest BCUT2D eigenvalue weighted by atomic mass is 9.99. The Hall–Kier alpha value is -2.90. The molecule has 0 radical (unpaired) electrons. The van der Waals surface area contributed by atoms with Gasteiger partial charge in [0.2, 0.25) is 5.91 Å². The van der Waals surface area contributed by atoms with Crippen LogP contribution in [-0.2, 0) is 17.4 Å². The Balaban J connectivity index is 1.73. The molecule has 1 atom stereocenters. The van der Waals surface area contributed by atoms with E-state index in [2.05, 4.69) is 15.6 Å². The average Bonchev–Trinajstić information content (AvgIpc) is 2.65. The van der Waals surface area contributed by atoms with Crippen molar-refractivity contribution in [2.45, 2.75) is 19.5 Å². The molecular formula is C19H20F3N3O2. The summed E-state index contributed by atoms with van der Waals surface area (Å²) >= 11 is 0. The maximum Gasteiger partial charge on any atom is 0.416 e. The molecular weight excluding hydrogens is 359 g/mol. The van der Waals surface area contributed by atoms with Crippen LogP contribution in [0.3, 0.4) is 0 Å². The molecule has 2 amide bonds. The minimum atomic E-state index is -4.37. The molecule has 8 heteroatoms. The quantitative estimate of drug-likeness (QED) is 0.727. The number of carbonyl (C=O) groups is 2. The Labute approximate surface area is 155 Å².